The largest absolute Gasteiger partial charge is 0.456 e. The number of carbonyl (C=O) groups excluding carboxylic acids is 2. The fraction of sp³-hybridized carbons (Fsp3) is 0.250. The second kappa shape index (κ2) is 7.26. The molecule has 2 aliphatic rings. The van der Waals surface area contributed by atoms with Gasteiger partial charge in [-0.3, -0.25) is 14.9 Å². The normalized spacial score (nSPS) is 21.3. The molecule has 0 bridgehead atoms. The van der Waals surface area contributed by atoms with Crippen molar-refractivity contribution in [2.45, 2.75) is 30.4 Å². The van der Waals surface area contributed by atoms with Crippen molar-refractivity contribution in [3.63, 3.8) is 0 Å². The third-order valence-electron chi connectivity index (χ3n) is 4.83. The van der Waals surface area contributed by atoms with E-state index in [1.165, 1.54) is 0 Å². The first-order valence-electron chi connectivity index (χ1n) is 8.54. The lowest BCUT2D eigenvalue weighted by Crippen LogP contribution is -2.30. The van der Waals surface area contributed by atoms with E-state index in [9.17, 15) is 9.59 Å². The van der Waals surface area contributed by atoms with E-state index in [4.69, 9.17) is 22.9 Å². The van der Waals surface area contributed by atoms with Gasteiger partial charge < -0.3 is 4.74 Å². The van der Waals surface area contributed by atoms with Crippen molar-refractivity contribution in [3.8, 4) is 11.5 Å². The van der Waals surface area contributed by atoms with Crippen molar-refractivity contribution in [2.24, 2.45) is 0 Å². The highest BCUT2D eigenvalue weighted by molar-refractivity contribution is 8.15. The number of thioether (sulfide) groups is 1. The number of nitrogens with zero attached hydrogens (tertiary/aromatic N) is 1. The summed E-state index contributed by atoms with van der Waals surface area (Å²) in [6, 6.07) is 10.7. The molecule has 1 unspecified atom stereocenters. The van der Waals surface area contributed by atoms with Gasteiger partial charge in [-0.15, -0.1) is 0 Å². The molecule has 27 heavy (non-hydrogen) atoms. The molecule has 1 saturated heterocycles. The summed E-state index contributed by atoms with van der Waals surface area (Å²) >= 11 is 7.28. The number of hydrogen-bond donors (Lipinski definition) is 1. The van der Waals surface area contributed by atoms with Gasteiger partial charge in [0, 0.05) is 5.92 Å². The molecule has 1 aliphatic heterocycles. The Labute approximate surface area is 165 Å². The molecule has 1 fully saturated rings. The standard InChI is InChI=1S/C20H15ClN2O3S/c1-22-12-5-8-17(16(21)10-12)26-13-6-7-14-11(9-13)3-2-4-15(14)18-19(24)23-20(25)27-18/h5-10,15,18H,2-4H2,(H,23,24,25)/t15-,18?/m1/s1. The van der Waals surface area contributed by atoms with Crippen LogP contribution in [-0.4, -0.2) is 16.4 Å². The summed E-state index contributed by atoms with van der Waals surface area (Å²) in [5, 5.41) is 2.13. The minimum Gasteiger partial charge on any atom is -0.456 e. The molecule has 2 atom stereocenters. The molecular formula is C20H15ClN2O3S. The highest BCUT2D eigenvalue weighted by Crippen LogP contribution is 2.42. The number of hydrogen-bond acceptors (Lipinski definition) is 4. The second-order valence-electron chi connectivity index (χ2n) is 6.50. The van der Waals surface area contributed by atoms with Crippen molar-refractivity contribution >= 4 is 40.2 Å². The third-order valence-corrected chi connectivity index (χ3v) is 6.24. The van der Waals surface area contributed by atoms with Crippen molar-refractivity contribution in [1.82, 2.24) is 5.32 Å². The van der Waals surface area contributed by atoms with Gasteiger partial charge in [-0.25, -0.2) is 4.85 Å². The van der Waals surface area contributed by atoms with Crippen molar-refractivity contribution < 1.29 is 14.3 Å². The van der Waals surface area contributed by atoms with Gasteiger partial charge in [0.05, 0.1) is 11.6 Å². The average molecular weight is 399 g/mol. The summed E-state index contributed by atoms with van der Waals surface area (Å²) in [6.45, 7) is 7.03. The van der Waals surface area contributed by atoms with Gasteiger partial charge in [0.1, 0.15) is 16.7 Å². The molecule has 2 aromatic carbocycles. The van der Waals surface area contributed by atoms with Gasteiger partial charge >= 0.3 is 0 Å². The number of halogens is 1. The number of imide groups is 1. The molecule has 5 nitrogen and oxygen atoms in total. The van der Waals surface area contributed by atoms with E-state index in [2.05, 4.69) is 10.2 Å². The lowest BCUT2D eigenvalue weighted by atomic mass is 9.80. The molecule has 2 amide bonds. The van der Waals surface area contributed by atoms with Gasteiger partial charge in [-0.1, -0.05) is 35.5 Å². The number of fused-ring (bicyclic) bond motifs is 1. The average Bonchev–Trinajstić information content (AvgIpc) is 3.00. The molecule has 0 aromatic heterocycles. The van der Waals surface area contributed by atoms with E-state index in [1.807, 2.05) is 18.2 Å². The zero-order valence-electron chi connectivity index (χ0n) is 14.2. The van der Waals surface area contributed by atoms with Crippen LogP contribution < -0.4 is 10.1 Å². The molecule has 0 radical (unpaired) electrons. The number of rotatable bonds is 3. The van der Waals surface area contributed by atoms with Gasteiger partial charge in [-0.05, 0) is 54.7 Å². The van der Waals surface area contributed by atoms with Gasteiger partial charge in [-0.2, -0.15) is 0 Å². The van der Waals surface area contributed by atoms with E-state index in [-0.39, 0.29) is 22.3 Å². The molecule has 7 heteroatoms. The van der Waals surface area contributed by atoms with Gasteiger partial charge in [0.25, 0.3) is 5.24 Å². The number of aryl methyl sites for hydroxylation is 1. The molecule has 1 N–H and O–H groups in total. The molecule has 2 aromatic rings. The van der Waals surface area contributed by atoms with Crippen LogP contribution in [0.5, 0.6) is 11.5 Å². The Morgan fingerprint density at radius 1 is 1.22 bits per heavy atom. The van der Waals surface area contributed by atoms with Crippen LogP contribution >= 0.6 is 23.4 Å². The fourth-order valence-corrected chi connectivity index (χ4v) is 4.83. The van der Waals surface area contributed by atoms with Gasteiger partial charge in [0.15, 0.2) is 5.69 Å². The molecule has 136 valence electrons. The Morgan fingerprint density at radius 2 is 2.07 bits per heavy atom. The van der Waals surface area contributed by atoms with Crippen LogP contribution in [0.3, 0.4) is 0 Å². The first-order chi connectivity index (χ1) is 13.0. The van der Waals surface area contributed by atoms with Crippen LogP contribution in [0.1, 0.15) is 29.9 Å². The van der Waals surface area contributed by atoms with Gasteiger partial charge in [0.2, 0.25) is 5.91 Å². The van der Waals surface area contributed by atoms with Crippen LogP contribution in [0.25, 0.3) is 4.85 Å². The molecular weight excluding hydrogens is 384 g/mol. The summed E-state index contributed by atoms with van der Waals surface area (Å²) in [7, 11) is 0. The maximum absolute atomic E-state index is 12.1. The number of ether oxygens (including phenoxy) is 1. The minimum atomic E-state index is -0.362. The number of nitrogens with one attached hydrogen (secondary N) is 1. The summed E-state index contributed by atoms with van der Waals surface area (Å²) < 4.78 is 5.90. The molecule has 0 saturated carbocycles. The van der Waals surface area contributed by atoms with Crippen molar-refractivity contribution in [3.05, 3.63) is 64.0 Å². The molecule has 4 rings (SSSR count). The van der Waals surface area contributed by atoms with Crippen molar-refractivity contribution in [1.29, 1.82) is 0 Å². The Balaban J connectivity index is 1.59. The number of amides is 2. The lowest BCUT2D eigenvalue weighted by Gasteiger charge is -2.28. The van der Waals surface area contributed by atoms with Crippen LogP contribution in [0.2, 0.25) is 5.02 Å². The fourth-order valence-electron chi connectivity index (χ4n) is 3.61. The predicted molar refractivity (Wildman–Crippen MR) is 105 cm³/mol. The Morgan fingerprint density at radius 3 is 2.78 bits per heavy atom. The summed E-state index contributed by atoms with van der Waals surface area (Å²) in [6.07, 6.45) is 2.75. The zero-order valence-corrected chi connectivity index (χ0v) is 15.8. The maximum Gasteiger partial charge on any atom is 0.286 e. The topological polar surface area (TPSA) is 59.8 Å². The monoisotopic (exact) mass is 398 g/mol. The smallest absolute Gasteiger partial charge is 0.286 e. The van der Waals surface area contributed by atoms with Crippen LogP contribution in [-0.2, 0) is 11.2 Å². The summed E-state index contributed by atoms with van der Waals surface area (Å²) in [4.78, 5) is 27.0. The van der Waals surface area contributed by atoms with Crippen LogP contribution in [0, 0.1) is 6.57 Å². The Hall–Kier alpha value is -2.49. The predicted octanol–water partition coefficient (Wildman–Crippen LogP) is 5.45. The SMILES string of the molecule is [C-]#[N+]c1ccc(Oc2ccc3c(c2)CCC[C@H]3C2SC(=O)NC2=O)c(Cl)c1. The summed E-state index contributed by atoms with van der Waals surface area (Å²) in [5.74, 6) is 0.981. The van der Waals surface area contributed by atoms with E-state index >= 15 is 0 Å². The zero-order chi connectivity index (χ0) is 19.0. The first kappa shape index (κ1) is 17.9. The Bertz CT molecular complexity index is 986. The highest BCUT2D eigenvalue weighted by atomic mass is 35.5. The lowest BCUT2D eigenvalue weighted by molar-refractivity contribution is -0.119. The van der Waals surface area contributed by atoms with Crippen molar-refractivity contribution in [2.75, 3.05) is 0 Å². The molecule has 0 spiro atoms. The van der Waals surface area contributed by atoms with Crippen LogP contribution in [0.15, 0.2) is 36.4 Å². The highest BCUT2D eigenvalue weighted by Gasteiger charge is 2.40. The molecule has 1 aliphatic carbocycles. The number of benzene rings is 2. The summed E-state index contributed by atoms with van der Waals surface area (Å²) in [5.41, 5.74) is 2.69. The number of carbonyl (C=O) groups is 2. The third kappa shape index (κ3) is 3.53. The quantitative estimate of drug-likeness (QED) is 0.698. The van der Waals surface area contributed by atoms with E-state index in [0.717, 1.165) is 42.2 Å². The van der Waals surface area contributed by atoms with E-state index in [0.29, 0.717) is 22.2 Å². The van der Waals surface area contributed by atoms with E-state index in [1.54, 1.807) is 18.2 Å². The van der Waals surface area contributed by atoms with E-state index < -0.39 is 0 Å². The second-order valence-corrected chi connectivity index (χ2v) is 8.02. The Kier molecular flexibility index (Phi) is 4.81. The minimum absolute atomic E-state index is 0.0285. The molecule has 1 heterocycles. The van der Waals surface area contributed by atoms with Crippen LogP contribution in [0.4, 0.5) is 10.5 Å². The maximum atomic E-state index is 12.1. The first-order valence-corrected chi connectivity index (χ1v) is 9.80.